The van der Waals surface area contributed by atoms with Crippen LogP contribution in [0.4, 0.5) is 0 Å². The summed E-state index contributed by atoms with van der Waals surface area (Å²) in [4.78, 5) is 24.4. The number of aliphatic hydroxyl groups excluding tert-OH is 2. The molecule has 0 bridgehead atoms. The Kier molecular flexibility index (Phi) is 47.7. The molecule has 6 heteroatoms. The average molecular weight is 842 g/mol. The van der Waals surface area contributed by atoms with E-state index >= 15 is 0 Å². The molecular weight excluding hydrogens is 743 g/mol. The molecular formula is C54H99NO5. The van der Waals surface area contributed by atoms with Crippen molar-refractivity contribution < 1.29 is 24.5 Å². The maximum atomic E-state index is 12.4. The van der Waals surface area contributed by atoms with Gasteiger partial charge in [0.1, 0.15) is 0 Å². The third-order valence-electron chi connectivity index (χ3n) is 11.5. The number of aliphatic hydroxyl groups is 2. The number of hydrogen-bond donors (Lipinski definition) is 3. The summed E-state index contributed by atoms with van der Waals surface area (Å²) in [5, 5.41) is 23.1. The molecule has 0 heterocycles. The molecule has 0 saturated carbocycles. The molecule has 0 aromatic heterocycles. The van der Waals surface area contributed by atoms with Gasteiger partial charge in [0.25, 0.3) is 0 Å². The van der Waals surface area contributed by atoms with Crippen molar-refractivity contribution in [1.29, 1.82) is 0 Å². The molecule has 0 rings (SSSR count). The standard InChI is InChI=1S/C54H99NO5/c1-3-5-7-9-11-13-15-17-18-19-20-21-22-23-24-26-27-30-34-38-42-46-52(57)51(50-56)55-53(58)47-43-39-35-31-29-33-37-41-45-49-60-54(59)48-44-40-36-32-28-25-16-14-12-10-8-6-4-2/h8,10,14,16,31,35,42,46,51-52,56-57H,3-7,9,11-13,15,17-30,32-34,36-41,43-45,47-50H2,1-2H3,(H,55,58)/b10-8-,16-14-,35-31-,46-42+. The Morgan fingerprint density at radius 2 is 0.883 bits per heavy atom. The van der Waals surface area contributed by atoms with Gasteiger partial charge in [0.15, 0.2) is 0 Å². The second-order valence-corrected chi connectivity index (χ2v) is 17.5. The van der Waals surface area contributed by atoms with E-state index in [0.29, 0.717) is 19.4 Å². The van der Waals surface area contributed by atoms with Gasteiger partial charge < -0.3 is 20.3 Å². The number of unbranched alkanes of at least 4 members (excludes halogenated alkanes) is 30. The summed E-state index contributed by atoms with van der Waals surface area (Å²) < 4.78 is 5.42. The van der Waals surface area contributed by atoms with Crippen LogP contribution in [0.25, 0.3) is 0 Å². The molecule has 2 atom stereocenters. The molecule has 2 unspecified atom stereocenters. The number of nitrogens with one attached hydrogen (secondary N) is 1. The van der Waals surface area contributed by atoms with Crippen LogP contribution in [-0.2, 0) is 14.3 Å². The molecule has 0 radical (unpaired) electrons. The molecule has 350 valence electrons. The van der Waals surface area contributed by atoms with Gasteiger partial charge in [-0.3, -0.25) is 9.59 Å². The molecule has 0 aromatic rings. The second-order valence-electron chi connectivity index (χ2n) is 17.5. The zero-order valence-electron chi connectivity index (χ0n) is 39.7. The van der Waals surface area contributed by atoms with E-state index in [4.69, 9.17) is 4.74 Å². The fourth-order valence-corrected chi connectivity index (χ4v) is 7.56. The number of amides is 1. The van der Waals surface area contributed by atoms with Gasteiger partial charge in [-0.1, -0.05) is 217 Å². The Morgan fingerprint density at radius 3 is 1.38 bits per heavy atom. The van der Waals surface area contributed by atoms with Crippen LogP contribution in [0.1, 0.15) is 258 Å². The lowest BCUT2D eigenvalue weighted by Gasteiger charge is -2.19. The van der Waals surface area contributed by atoms with Gasteiger partial charge in [0.2, 0.25) is 5.91 Å². The molecule has 0 fully saturated rings. The quantitative estimate of drug-likeness (QED) is 0.0322. The van der Waals surface area contributed by atoms with Gasteiger partial charge in [0.05, 0.1) is 25.4 Å². The van der Waals surface area contributed by atoms with Gasteiger partial charge in [-0.25, -0.2) is 0 Å². The first kappa shape index (κ1) is 57.8. The largest absolute Gasteiger partial charge is 0.466 e. The number of hydrogen-bond acceptors (Lipinski definition) is 5. The fourth-order valence-electron chi connectivity index (χ4n) is 7.56. The van der Waals surface area contributed by atoms with Crippen molar-refractivity contribution in [3.8, 4) is 0 Å². The van der Waals surface area contributed by atoms with Crippen molar-refractivity contribution >= 4 is 11.9 Å². The number of carbonyl (C=O) groups is 2. The zero-order chi connectivity index (χ0) is 43.7. The molecule has 0 aliphatic carbocycles. The Hall–Kier alpha value is -2.18. The molecule has 60 heavy (non-hydrogen) atoms. The van der Waals surface area contributed by atoms with Crippen LogP contribution in [0, 0.1) is 0 Å². The SMILES string of the molecule is CCC/C=C\C/C=C\CCCCCCCC(=O)OCCCCCC/C=C\CCCC(=O)NC(CO)C(O)/C=C/CCCCCCCCCCCCCCCCCCCCC. The van der Waals surface area contributed by atoms with Gasteiger partial charge in [-0.05, 0) is 77.0 Å². The van der Waals surface area contributed by atoms with Gasteiger partial charge in [-0.15, -0.1) is 0 Å². The Morgan fingerprint density at radius 1 is 0.467 bits per heavy atom. The topological polar surface area (TPSA) is 95.9 Å². The van der Waals surface area contributed by atoms with E-state index in [1.165, 1.54) is 148 Å². The summed E-state index contributed by atoms with van der Waals surface area (Å²) in [6, 6.07) is -0.668. The van der Waals surface area contributed by atoms with E-state index in [1.807, 2.05) is 6.08 Å². The minimum Gasteiger partial charge on any atom is -0.466 e. The molecule has 6 nitrogen and oxygen atoms in total. The first-order valence-corrected chi connectivity index (χ1v) is 25.9. The number of carbonyl (C=O) groups excluding carboxylic acids is 2. The number of esters is 1. The highest BCUT2D eigenvalue weighted by Crippen LogP contribution is 2.16. The summed E-state index contributed by atoms with van der Waals surface area (Å²) in [5.41, 5.74) is 0. The van der Waals surface area contributed by atoms with Crippen molar-refractivity contribution in [2.24, 2.45) is 0 Å². The smallest absolute Gasteiger partial charge is 0.305 e. The zero-order valence-corrected chi connectivity index (χ0v) is 39.7. The second kappa shape index (κ2) is 49.5. The van der Waals surface area contributed by atoms with E-state index in [1.54, 1.807) is 6.08 Å². The third-order valence-corrected chi connectivity index (χ3v) is 11.5. The first-order chi connectivity index (χ1) is 29.5. The van der Waals surface area contributed by atoms with Crippen molar-refractivity contribution in [2.75, 3.05) is 13.2 Å². The van der Waals surface area contributed by atoms with Crippen LogP contribution in [-0.4, -0.2) is 47.4 Å². The lowest BCUT2D eigenvalue weighted by atomic mass is 10.0. The minimum atomic E-state index is -0.878. The van der Waals surface area contributed by atoms with E-state index in [9.17, 15) is 19.8 Å². The van der Waals surface area contributed by atoms with E-state index < -0.39 is 12.1 Å². The normalized spacial score (nSPS) is 13.1. The van der Waals surface area contributed by atoms with Crippen molar-refractivity contribution in [3.05, 3.63) is 48.6 Å². The number of allylic oxidation sites excluding steroid dienone is 7. The molecule has 0 saturated heterocycles. The molecule has 0 aliphatic rings. The van der Waals surface area contributed by atoms with Gasteiger partial charge >= 0.3 is 5.97 Å². The van der Waals surface area contributed by atoms with E-state index in [-0.39, 0.29) is 18.5 Å². The van der Waals surface area contributed by atoms with Crippen LogP contribution < -0.4 is 5.32 Å². The highest BCUT2D eigenvalue weighted by atomic mass is 16.5. The number of ether oxygens (including phenoxy) is 1. The lowest BCUT2D eigenvalue weighted by Crippen LogP contribution is -2.45. The molecule has 0 spiro atoms. The van der Waals surface area contributed by atoms with Gasteiger partial charge in [0, 0.05) is 12.8 Å². The van der Waals surface area contributed by atoms with Crippen LogP contribution >= 0.6 is 0 Å². The molecule has 1 amide bonds. The molecule has 0 aromatic carbocycles. The summed E-state index contributed by atoms with van der Waals surface area (Å²) in [5.74, 6) is -0.183. The first-order valence-electron chi connectivity index (χ1n) is 25.9. The van der Waals surface area contributed by atoms with Crippen molar-refractivity contribution in [2.45, 2.75) is 270 Å². The summed E-state index contributed by atoms with van der Waals surface area (Å²) >= 11 is 0. The van der Waals surface area contributed by atoms with Crippen molar-refractivity contribution in [3.63, 3.8) is 0 Å². The number of rotatable bonds is 47. The highest BCUT2D eigenvalue weighted by molar-refractivity contribution is 5.76. The lowest BCUT2D eigenvalue weighted by molar-refractivity contribution is -0.143. The summed E-state index contributed by atoms with van der Waals surface area (Å²) in [6.07, 6.45) is 61.2. The van der Waals surface area contributed by atoms with E-state index in [2.05, 4.69) is 55.6 Å². The Labute approximate surface area is 372 Å². The third kappa shape index (κ3) is 45.3. The predicted molar refractivity (Wildman–Crippen MR) is 259 cm³/mol. The Bertz CT molecular complexity index is 1020. The summed E-state index contributed by atoms with van der Waals surface area (Å²) in [7, 11) is 0. The van der Waals surface area contributed by atoms with Crippen molar-refractivity contribution in [1.82, 2.24) is 5.32 Å². The summed E-state index contributed by atoms with van der Waals surface area (Å²) in [6.45, 7) is 4.74. The van der Waals surface area contributed by atoms with Crippen LogP contribution in [0.15, 0.2) is 48.6 Å². The van der Waals surface area contributed by atoms with Gasteiger partial charge in [-0.2, -0.15) is 0 Å². The molecule has 3 N–H and O–H groups in total. The monoisotopic (exact) mass is 842 g/mol. The molecule has 0 aliphatic heterocycles. The maximum absolute atomic E-state index is 12.4. The minimum absolute atomic E-state index is 0.0538. The average Bonchev–Trinajstić information content (AvgIpc) is 3.25. The maximum Gasteiger partial charge on any atom is 0.305 e. The predicted octanol–water partition coefficient (Wildman–Crippen LogP) is 15.5. The van der Waals surface area contributed by atoms with Crippen LogP contribution in [0.3, 0.4) is 0 Å². The van der Waals surface area contributed by atoms with Crippen LogP contribution in [0.2, 0.25) is 0 Å². The Balaban J connectivity index is 3.60. The highest BCUT2D eigenvalue weighted by Gasteiger charge is 2.17. The van der Waals surface area contributed by atoms with E-state index in [0.717, 1.165) is 83.5 Å². The van der Waals surface area contributed by atoms with Crippen LogP contribution in [0.5, 0.6) is 0 Å². The fraction of sp³-hybridized carbons (Fsp3) is 0.815.